The molecule has 3 rings (SSSR count). The number of aromatic nitrogens is 1. The Bertz CT molecular complexity index is 750. The average molecular weight is 364 g/mol. The van der Waals surface area contributed by atoms with Crippen molar-refractivity contribution in [2.45, 2.75) is 13.0 Å². The summed E-state index contributed by atoms with van der Waals surface area (Å²) in [4.78, 5) is 28.9. The Labute approximate surface area is 135 Å². The normalized spacial score (nSPS) is 17.6. The summed E-state index contributed by atoms with van der Waals surface area (Å²) in [6.45, 7) is 2.10. The lowest BCUT2D eigenvalue weighted by atomic mass is 10.2. The van der Waals surface area contributed by atoms with Gasteiger partial charge in [0.2, 0.25) is 5.91 Å². The summed E-state index contributed by atoms with van der Waals surface area (Å²) in [7, 11) is 0. The van der Waals surface area contributed by atoms with Crippen LogP contribution in [0.5, 0.6) is 0 Å². The van der Waals surface area contributed by atoms with Crippen LogP contribution >= 0.6 is 15.9 Å². The lowest BCUT2D eigenvalue weighted by Gasteiger charge is -2.12. The molecule has 1 aromatic carbocycles. The third-order valence-electron chi connectivity index (χ3n) is 3.37. The van der Waals surface area contributed by atoms with Crippen LogP contribution < -0.4 is 10.2 Å². The van der Waals surface area contributed by atoms with Gasteiger partial charge in [-0.15, -0.1) is 0 Å². The molecule has 114 valence electrons. The molecular weight excluding hydrogens is 350 g/mol. The monoisotopic (exact) mass is 363 g/mol. The van der Waals surface area contributed by atoms with E-state index in [9.17, 15) is 9.59 Å². The van der Waals surface area contributed by atoms with E-state index in [1.165, 1.54) is 11.8 Å². The quantitative estimate of drug-likeness (QED) is 0.908. The number of carbonyl (C=O) groups is 2. The lowest BCUT2D eigenvalue weighted by molar-refractivity contribution is -0.119. The second-order valence-corrected chi connectivity index (χ2v) is 5.98. The second kappa shape index (κ2) is 5.92. The molecule has 1 atom stereocenters. The minimum atomic E-state index is -0.445. The number of hydrogen-bond donors (Lipinski definition) is 1. The zero-order valence-corrected chi connectivity index (χ0v) is 13.5. The summed E-state index contributed by atoms with van der Waals surface area (Å²) < 4.78 is 6.21. The lowest BCUT2D eigenvalue weighted by Crippen LogP contribution is -2.33. The van der Waals surface area contributed by atoms with Gasteiger partial charge in [0.15, 0.2) is 0 Å². The number of carbonyl (C=O) groups excluding carboxylic acids is 2. The molecule has 2 amide bonds. The van der Waals surface area contributed by atoms with Crippen LogP contribution in [-0.4, -0.2) is 36.2 Å². The summed E-state index contributed by atoms with van der Waals surface area (Å²) in [6.07, 6.45) is -0.807. The summed E-state index contributed by atoms with van der Waals surface area (Å²) in [5.41, 5.74) is 0.804. The molecule has 1 saturated heterocycles. The number of ether oxygens (including phenoxy) is 1. The molecule has 6 nitrogen and oxygen atoms in total. The number of hydrogen-bond acceptors (Lipinski definition) is 4. The van der Waals surface area contributed by atoms with Crippen molar-refractivity contribution < 1.29 is 14.3 Å². The van der Waals surface area contributed by atoms with E-state index in [-0.39, 0.29) is 12.0 Å². The molecular formula is C15H14BrN3O3. The van der Waals surface area contributed by atoms with Crippen LogP contribution in [0.3, 0.4) is 0 Å². The Morgan fingerprint density at radius 2 is 2.27 bits per heavy atom. The first-order valence-electron chi connectivity index (χ1n) is 6.82. The maximum atomic E-state index is 12.0. The number of nitrogens with one attached hydrogen (secondary N) is 1. The molecule has 1 N–H and O–H groups in total. The van der Waals surface area contributed by atoms with E-state index in [4.69, 9.17) is 4.74 Å². The van der Waals surface area contributed by atoms with E-state index in [1.54, 1.807) is 6.07 Å². The summed E-state index contributed by atoms with van der Waals surface area (Å²) in [5, 5.41) is 3.63. The molecule has 1 aliphatic rings. The van der Waals surface area contributed by atoms with Crippen molar-refractivity contribution in [3.63, 3.8) is 0 Å². The van der Waals surface area contributed by atoms with Crippen molar-refractivity contribution in [2.24, 2.45) is 0 Å². The molecule has 1 fully saturated rings. The zero-order valence-electron chi connectivity index (χ0n) is 11.9. The third kappa shape index (κ3) is 3.04. The van der Waals surface area contributed by atoms with Gasteiger partial charge >= 0.3 is 6.09 Å². The highest BCUT2D eigenvalue weighted by Crippen LogP contribution is 2.24. The van der Waals surface area contributed by atoms with Gasteiger partial charge in [-0.25, -0.2) is 9.78 Å². The maximum absolute atomic E-state index is 12.0. The Morgan fingerprint density at radius 3 is 3.05 bits per heavy atom. The van der Waals surface area contributed by atoms with Crippen LogP contribution in [0.2, 0.25) is 0 Å². The van der Waals surface area contributed by atoms with E-state index >= 15 is 0 Å². The van der Waals surface area contributed by atoms with Crippen molar-refractivity contribution in [1.82, 2.24) is 10.3 Å². The largest absolute Gasteiger partial charge is 0.442 e. The Hall–Kier alpha value is -2.15. The Balaban J connectivity index is 1.80. The van der Waals surface area contributed by atoms with Gasteiger partial charge in [0.25, 0.3) is 0 Å². The number of anilines is 1. The van der Waals surface area contributed by atoms with Gasteiger partial charge in [-0.1, -0.05) is 15.9 Å². The van der Waals surface area contributed by atoms with Crippen LogP contribution in [0.1, 0.15) is 6.92 Å². The minimum Gasteiger partial charge on any atom is -0.442 e. The number of halogens is 1. The predicted octanol–water partition coefficient (Wildman–Crippen LogP) is 2.46. The molecule has 7 heteroatoms. The number of cyclic esters (lactones) is 1. The fourth-order valence-corrected chi connectivity index (χ4v) is 2.69. The van der Waals surface area contributed by atoms with E-state index < -0.39 is 6.09 Å². The molecule has 0 saturated carbocycles. The number of pyridine rings is 1. The first kappa shape index (κ1) is 14.8. The van der Waals surface area contributed by atoms with Gasteiger partial charge in [-0.2, -0.15) is 0 Å². The zero-order chi connectivity index (χ0) is 15.7. The molecule has 2 heterocycles. The molecule has 0 bridgehead atoms. The maximum Gasteiger partial charge on any atom is 0.416 e. The third-order valence-corrected chi connectivity index (χ3v) is 3.86. The van der Waals surface area contributed by atoms with Gasteiger partial charge in [0.1, 0.15) is 11.9 Å². The van der Waals surface area contributed by atoms with Crippen molar-refractivity contribution in [1.29, 1.82) is 0 Å². The van der Waals surface area contributed by atoms with E-state index in [0.29, 0.717) is 18.9 Å². The van der Waals surface area contributed by atoms with E-state index in [0.717, 1.165) is 15.4 Å². The highest BCUT2D eigenvalue weighted by atomic mass is 79.9. The Morgan fingerprint density at radius 1 is 1.45 bits per heavy atom. The van der Waals surface area contributed by atoms with Crippen molar-refractivity contribution >= 4 is 44.7 Å². The van der Waals surface area contributed by atoms with Gasteiger partial charge in [-0.05, 0) is 30.3 Å². The minimum absolute atomic E-state index is 0.149. The highest BCUT2D eigenvalue weighted by Gasteiger charge is 2.33. The SMILES string of the molecule is CC(=O)NC[C@H]1CN(c2ccc3cc(Br)ccc3n2)C(=O)O1. The molecule has 1 aromatic heterocycles. The van der Waals surface area contributed by atoms with Crippen LogP contribution in [0, 0.1) is 0 Å². The molecule has 0 radical (unpaired) electrons. The van der Waals surface area contributed by atoms with Crippen LogP contribution in [0.25, 0.3) is 10.9 Å². The topological polar surface area (TPSA) is 71.5 Å². The molecule has 0 unspecified atom stereocenters. The first-order chi connectivity index (χ1) is 10.5. The molecule has 2 aromatic rings. The van der Waals surface area contributed by atoms with Crippen LogP contribution in [0.4, 0.5) is 10.6 Å². The predicted molar refractivity (Wildman–Crippen MR) is 85.7 cm³/mol. The van der Waals surface area contributed by atoms with E-state index in [1.807, 2.05) is 24.3 Å². The highest BCUT2D eigenvalue weighted by molar-refractivity contribution is 9.10. The number of nitrogens with zero attached hydrogens (tertiary/aromatic N) is 2. The summed E-state index contributed by atoms with van der Waals surface area (Å²) >= 11 is 3.42. The van der Waals surface area contributed by atoms with Gasteiger partial charge in [-0.3, -0.25) is 9.69 Å². The fraction of sp³-hybridized carbons (Fsp3) is 0.267. The number of fused-ring (bicyclic) bond motifs is 1. The molecule has 22 heavy (non-hydrogen) atoms. The molecule has 1 aliphatic heterocycles. The Kier molecular flexibility index (Phi) is 3.98. The van der Waals surface area contributed by atoms with Gasteiger partial charge in [0, 0.05) is 16.8 Å². The summed E-state index contributed by atoms with van der Waals surface area (Å²) in [6, 6.07) is 9.46. The number of benzene rings is 1. The van der Waals surface area contributed by atoms with Gasteiger partial charge in [0.05, 0.1) is 18.6 Å². The van der Waals surface area contributed by atoms with Crippen LogP contribution in [-0.2, 0) is 9.53 Å². The number of amides is 2. The second-order valence-electron chi connectivity index (χ2n) is 5.06. The smallest absolute Gasteiger partial charge is 0.416 e. The number of rotatable bonds is 3. The van der Waals surface area contributed by atoms with Crippen molar-refractivity contribution in [3.05, 3.63) is 34.8 Å². The average Bonchev–Trinajstić information content (AvgIpc) is 2.85. The van der Waals surface area contributed by atoms with E-state index in [2.05, 4.69) is 26.2 Å². The first-order valence-corrected chi connectivity index (χ1v) is 7.61. The van der Waals surface area contributed by atoms with Gasteiger partial charge < -0.3 is 10.1 Å². The van der Waals surface area contributed by atoms with Crippen LogP contribution in [0.15, 0.2) is 34.8 Å². The fourth-order valence-electron chi connectivity index (χ4n) is 2.31. The molecule has 0 aliphatic carbocycles. The van der Waals surface area contributed by atoms with Crippen molar-refractivity contribution in [2.75, 3.05) is 18.0 Å². The standard InChI is InChI=1S/C15H14BrN3O3/c1-9(20)17-7-12-8-19(15(21)22-12)14-5-2-10-6-11(16)3-4-13(10)18-14/h2-6,12H,7-8H2,1H3,(H,17,20)/t12-/m0/s1. The molecule has 0 spiro atoms. The van der Waals surface area contributed by atoms with Crippen molar-refractivity contribution in [3.8, 4) is 0 Å². The summed E-state index contributed by atoms with van der Waals surface area (Å²) in [5.74, 6) is 0.397.